The Labute approximate surface area is 124 Å². The maximum Gasteiger partial charge on any atom is 0.325 e. The van der Waals surface area contributed by atoms with Crippen molar-refractivity contribution >= 4 is 24.0 Å². The third-order valence-corrected chi connectivity index (χ3v) is 2.77. The molecule has 0 aliphatic rings. The van der Waals surface area contributed by atoms with Gasteiger partial charge in [0.25, 0.3) is 0 Å². The van der Waals surface area contributed by atoms with Crippen LogP contribution in [0.3, 0.4) is 0 Å². The number of carbonyl (C=O) groups is 2. The number of hydrogen-bond acceptors (Lipinski definition) is 6. The van der Waals surface area contributed by atoms with Crippen LogP contribution in [-0.2, 0) is 19.1 Å². The molecule has 1 aromatic rings. The van der Waals surface area contributed by atoms with Crippen LogP contribution in [0.2, 0.25) is 0 Å². The Hall–Kier alpha value is -2.24. The molecule has 6 nitrogen and oxygen atoms in total. The van der Waals surface area contributed by atoms with Gasteiger partial charge >= 0.3 is 11.9 Å². The average molecular weight is 292 g/mol. The van der Waals surface area contributed by atoms with E-state index in [9.17, 15) is 9.59 Å². The number of nitrogens with zero attached hydrogens (tertiary/aromatic N) is 2. The van der Waals surface area contributed by atoms with Crippen LogP contribution in [0.5, 0.6) is 0 Å². The average Bonchev–Trinajstić information content (AvgIpc) is 2.43. The molecule has 0 saturated carbocycles. The first kappa shape index (κ1) is 16.8. The fourth-order valence-corrected chi connectivity index (χ4v) is 1.52. The summed E-state index contributed by atoms with van der Waals surface area (Å²) in [7, 11) is 0. The van der Waals surface area contributed by atoms with Crippen molar-refractivity contribution in [2.45, 2.75) is 27.7 Å². The van der Waals surface area contributed by atoms with Crippen molar-refractivity contribution in [3.8, 4) is 0 Å². The van der Waals surface area contributed by atoms with E-state index < -0.39 is 17.9 Å². The maximum atomic E-state index is 11.8. The molecule has 0 spiro atoms. The zero-order chi connectivity index (χ0) is 15.8. The minimum atomic E-state index is -1.17. The molecule has 114 valence electrons. The number of hydrogen-bond donors (Lipinski definition) is 0. The minimum absolute atomic E-state index is 0.185. The lowest BCUT2D eigenvalue weighted by Crippen LogP contribution is -2.29. The van der Waals surface area contributed by atoms with E-state index in [1.807, 2.05) is 19.9 Å². The van der Waals surface area contributed by atoms with Crippen LogP contribution >= 0.6 is 0 Å². The first-order valence-corrected chi connectivity index (χ1v) is 6.81. The lowest BCUT2D eigenvalue weighted by atomic mass is 10.2. The van der Waals surface area contributed by atoms with Crippen molar-refractivity contribution in [3.05, 3.63) is 23.4 Å². The van der Waals surface area contributed by atoms with Crippen LogP contribution in [0.4, 0.5) is 5.82 Å². The Bertz CT molecular complexity index is 522. The highest BCUT2D eigenvalue weighted by Gasteiger charge is 2.27. The van der Waals surface area contributed by atoms with Crippen molar-refractivity contribution in [2.24, 2.45) is 10.9 Å². The second-order valence-electron chi connectivity index (χ2n) is 4.33. The predicted octanol–water partition coefficient (Wildman–Crippen LogP) is 2.14. The smallest absolute Gasteiger partial charge is 0.325 e. The summed E-state index contributed by atoms with van der Waals surface area (Å²) in [5, 5.41) is 0. The maximum absolute atomic E-state index is 11.8. The first-order chi connectivity index (χ1) is 9.99. The third-order valence-electron chi connectivity index (χ3n) is 2.77. The van der Waals surface area contributed by atoms with Crippen molar-refractivity contribution in [1.29, 1.82) is 0 Å². The topological polar surface area (TPSA) is 77.9 Å². The van der Waals surface area contributed by atoms with E-state index in [0.29, 0.717) is 5.82 Å². The van der Waals surface area contributed by atoms with E-state index in [1.165, 1.54) is 6.21 Å². The molecule has 0 aliphatic carbocycles. The molecular weight excluding hydrogens is 272 g/mol. The predicted molar refractivity (Wildman–Crippen MR) is 78.6 cm³/mol. The van der Waals surface area contributed by atoms with E-state index >= 15 is 0 Å². The highest BCUT2D eigenvalue weighted by Crippen LogP contribution is 2.13. The molecule has 0 amide bonds. The Balaban J connectivity index is 2.93. The molecule has 0 saturated heterocycles. The van der Waals surface area contributed by atoms with Gasteiger partial charge in [0.05, 0.1) is 13.2 Å². The summed E-state index contributed by atoms with van der Waals surface area (Å²) in [5.41, 5.74) is 1.88. The van der Waals surface area contributed by atoms with Crippen molar-refractivity contribution < 1.29 is 19.1 Å². The molecule has 0 fully saturated rings. The molecule has 0 unspecified atom stereocenters. The number of rotatable bonds is 6. The summed E-state index contributed by atoms with van der Waals surface area (Å²) in [4.78, 5) is 31.9. The molecule has 0 bridgehead atoms. The van der Waals surface area contributed by atoms with Gasteiger partial charge in [0.1, 0.15) is 0 Å². The van der Waals surface area contributed by atoms with Crippen LogP contribution in [0.1, 0.15) is 25.1 Å². The quantitative estimate of drug-likeness (QED) is 0.456. The van der Waals surface area contributed by atoms with Gasteiger partial charge in [-0.2, -0.15) is 0 Å². The van der Waals surface area contributed by atoms with E-state index in [4.69, 9.17) is 9.47 Å². The molecule has 1 rings (SSSR count). The van der Waals surface area contributed by atoms with E-state index in [2.05, 4.69) is 9.98 Å². The SMILES string of the molecule is CCOC(=O)C(C=Nc1ccc(C)c(C)n1)C(=O)OCC. The lowest BCUT2D eigenvalue weighted by molar-refractivity contribution is -0.157. The van der Waals surface area contributed by atoms with Crippen molar-refractivity contribution in [3.63, 3.8) is 0 Å². The largest absolute Gasteiger partial charge is 0.465 e. The van der Waals surface area contributed by atoms with Gasteiger partial charge in [0.2, 0.25) is 0 Å². The number of aromatic nitrogens is 1. The van der Waals surface area contributed by atoms with E-state index in [-0.39, 0.29) is 13.2 Å². The van der Waals surface area contributed by atoms with Crippen LogP contribution < -0.4 is 0 Å². The van der Waals surface area contributed by atoms with Crippen LogP contribution in [0, 0.1) is 19.8 Å². The van der Waals surface area contributed by atoms with Crippen molar-refractivity contribution in [1.82, 2.24) is 4.98 Å². The number of esters is 2. The third kappa shape index (κ3) is 4.98. The number of carbonyl (C=O) groups excluding carboxylic acids is 2. The highest BCUT2D eigenvalue weighted by atomic mass is 16.6. The second-order valence-corrected chi connectivity index (χ2v) is 4.33. The van der Waals surface area contributed by atoms with E-state index in [1.54, 1.807) is 19.9 Å². The molecule has 0 atom stereocenters. The van der Waals surface area contributed by atoms with Gasteiger partial charge in [0.15, 0.2) is 11.7 Å². The molecular formula is C15H20N2O4. The molecule has 0 radical (unpaired) electrons. The molecule has 21 heavy (non-hydrogen) atoms. The number of aryl methyl sites for hydroxylation is 2. The molecule has 0 N–H and O–H groups in total. The van der Waals surface area contributed by atoms with Gasteiger partial charge in [-0.3, -0.25) is 9.59 Å². The Morgan fingerprint density at radius 2 is 1.76 bits per heavy atom. The van der Waals surface area contributed by atoms with Crippen LogP contribution in [-0.4, -0.2) is 36.4 Å². The molecule has 6 heteroatoms. The second kappa shape index (κ2) is 8.14. The minimum Gasteiger partial charge on any atom is -0.465 e. The summed E-state index contributed by atoms with van der Waals surface area (Å²) in [6.07, 6.45) is 1.22. The Kier molecular flexibility index (Phi) is 6.52. The lowest BCUT2D eigenvalue weighted by Gasteiger charge is -2.10. The summed E-state index contributed by atoms with van der Waals surface area (Å²) in [6, 6.07) is 3.59. The first-order valence-electron chi connectivity index (χ1n) is 6.81. The van der Waals surface area contributed by atoms with Gasteiger partial charge in [-0.05, 0) is 39.3 Å². The normalized spacial score (nSPS) is 10.9. The Morgan fingerprint density at radius 3 is 2.24 bits per heavy atom. The fraction of sp³-hybridized carbons (Fsp3) is 0.467. The highest BCUT2D eigenvalue weighted by molar-refractivity contribution is 6.09. The monoisotopic (exact) mass is 292 g/mol. The zero-order valence-corrected chi connectivity index (χ0v) is 12.8. The van der Waals surface area contributed by atoms with Gasteiger partial charge in [-0.25, -0.2) is 9.98 Å². The number of pyridine rings is 1. The fourth-order valence-electron chi connectivity index (χ4n) is 1.52. The standard InChI is InChI=1S/C15H20N2O4/c1-5-20-14(18)12(15(19)21-6-2)9-16-13-8-7-10(3)11(4)17-13/h7-9,12H,5-6H2,1-4H3. The van der Waals surface area contributed by atoms with Crippen molar-refractivity contribution in [2.75, 3.05) is 13.2 Å². The number of ether oxygens (including phenoxy) is 2. The molecule has 0 aromatic carbocycles. The van der Waals surface area contributed by atoms with Gasteiger partial charge < -0.3 is 9.47 Å². The summed E-state index contributed by atoms with van der Waals surface area (Å²) in [5.74, 6) is -2.10. The summed E-state index contributed by atoms with van der Waals surface area (Å²) in [6.45, 7) is 7.51. The summed E-state index contributed by atoms with van der Waals surface area (Å²) >= 11 is 0. The van der Waals surface area contributed by atoms with Crippen LogP contribution in [0.15, 0.2) is 17.1 Å². The molecule has 1 aromatic heterocycles. The van der Waals surface area contributed by atoms with Crippen LogP contribution in [0.25, 0.3) is 0 Å². The zero-order valence-electron chi connectivity index (χ0n) is 12.8. The van der Waals surface area contributed by atoms with E-state index in [0.717, 1.165) is 11.3 Å². The molecule has 0 aliphatic heterocycles. The van der Waals surface area contributed by atoms with Gasteiger partial charge in [0, 0.05) is 11.9 Å². The Morgan fingerprint density at radius 1 is 1.19 bits per heavy atom. The molecule has 1 heterocycles. The van der Waals surface area contributed by atoms with Gasteiger partial charge in [-0.1, -0.05) is 6.07 Å². The summed E-state index contributed by atoms with van der Waals surface area (Å²) < 4.78 is 9.70. The number of aliphatic imine (C=N–C) groups is 1. The van der Waals surface area contributed by atoms with Gasteiger partial charge in [-0.15, -0.1) is 0 Å².